The Hall–Kier alpha value is -3.15. The van der Waals surface area contributed by atoms with Gasteiger partial charge in [-0.3, -0.25) is 0 Å². The van der Waals surface area contributed by atoms with Gasteiger partial charge in [0, 0.05) is 0 Å². The van der Waals surface area contributed by atoms with E-state index >= 15 is 0 Å². The number of esters is 1. The number of hydrogen-bond donors (Lipinski definition) is 3. The molecule has 0 heterocycles. The molecule has 0 aromatic heterocycles. The molecule has 23 heavy (non-hydrogen) atoms. The number of allylic oxidation sites excluding steroid dienone is 1. The summed E-state index contributed by atoms with van der Waals surface area (Å²) in [7, 11) is 1.45. The molecule has 0 saturated heterocycles. The summed E-state index contributed by atoms with van der Waals surface area (Å²) in [6.45, 7) is 1.88. The second-order valence-electron chi connectivity index (χ2n) is 4.66. The third-order valence-electron chi connectivity index (χ3n) is 3.05. The molecule has 0 radical (unpaired) electrons. The minimum atomic E-state index is -0.812. The van der Waals surface area contributed by atoms with Gasteiger partial charge >= 0.3 is 5.97 Å². The summed E-state index contributed by atoms with van der Waals surface area (Å²) in [5.41, 5.74) is 0.765. The van der Waals surface area contributed by atoms with Gasteiger partial charge < -0.3 is 24.8 Å². The molecule has 6 nitrogen and oxygen atoms in total. The molecule has 2 rings (SSSR count). The minimum Gasteiger partial charge on any atom is -0.504 e. The molecule has 2 aromatic carbocycles. The van der Waals surface area contributed by atoms with E-state index in [1.807, 2.05) is 19.1 Å². The smallest absolute Gasteiger partial charge is 0.343 e. The minimum absolute atomic E-state index is 0.114. The number of benzene rings is 2. The summed E-state index contributed by atoms with van der Waals surface area (Å²) < 4.78 is 10.4. The van der Waals surface area contributed by atoms with Crippen LogP contribution in [0.25, 0.3) is 6.08 Å². The van der Waals surface area contributed by atoms with Gasteiger partial charge in [0.25, 0.3) is 0 Å². The fourth-order valence-corrected chi connectivity index (χ4v) is 1.95. The lowest BCUT2D eigenvalue weighted by molar-refractivity contribution is 0.0728. The zero-order valence-electron chi connectivity index (χ0n) is 12.6. The van der Waals surface area contributed by atoms with Gasteiger partial charge in [0.2, 0.25) is 0 Å². The molecule has 6 heteroatoms. The maximum atomic E-state index is 12.1. The molecule has 0 amide bonds. The molecule has 0 fully saturated rings. The summed E-state index contributed by atoms with van der Waals surface area (Å²) in [6.07, 6.45) is 3.73. The van der Waals surface area contributed by atoms with E-state index in [1.165, 1.54) is 7.11 Å². The number of phenolic OH excluding ortho intramolecular Hbond substituents is 3. The summed E-state index contributed by atoms with van der Waals surface area (Å²) in [5, 5.41) is 28.2. The number of carbonyl (C=O) groups excluding carboxylic acids is 1. The van der Waals surface area contributed by atoms with Gasteiger partial charge in [-0.1, -0.05) is 18.2 Å². The Balaban J connectivity index is 2.30. The van der Waals surface area contributed by atoms with Crippen LogP contribution in [0, 0.1) is 0 Å². The topological polar surface area (TPSA) is 96.2 Å². The van der Waals surface area contributed by atoms with E-state index in [-0.39, 0.29) is 11.3 Å². The average molecular weight is 316 g/mol. The van der Waals surface area contributed by atoms with Gasteiger partial charge in [0.15, 0.2) is 28.7 Å². The highest BCUT2D eigenvalue weighted by atomic mass is 16.6. The molecule has 2 aromatic rings. The van der Waals surface area contributed by atoms with E-state index in [4.69, 9.17) is 9.47 Å². The Morgan fingerprint density at radius 2 is 1.70 bits per heavy atom. The van der Waals surface area contributed by atoms with Crippen molar-refractivity contribution in [2.45, 2.75) is 6.92 Å². The predicted molar refractivity (Wildman–Crippen MR) is 84.1 cm³/mol. The maximum absolute atomic E-state index is 12.1. The van der Waals surface area contributed by atoms with E-state index in [0.29, 0.717) is 5.75 Å². The number of methoxy groups -OCH3 is 1. The predicted octanol–water partition coefficient (Wildman–Crippen LogP) is 3.06. The molecule has 0 unspecified atom stereocenters. The first-order valence-electron chi connectivity index (χ1n) is 6.74. The normalized spacial score (nSPS) is 10.7. The van der Waals surface area contributed by atoms with Crippen molar-refractivity contribution in [1.29, 1.82) is 0 Å². The number of rotatable bonds is 4. The molecule has 0 aliphatic carbocycles. The first-order valence-corrected chi connectivity index (χ1v) is 6.74. The molecular formula is C17H16O6. The van der Waals surface area contributed by atoms with Gasteiger partial charge in [0.05, 0.1) is 12.7 Å². The van der Waals surface area contributed by atoms with Crippen LogP contribution in [0.15, 0.2) is 36.4 Å². The Bertz CT molecular complexity index is 741. The number of hydrogen-bond acceptors (Lipinski definition) is 6. The molecule has 0 spiro atoms. The monoisotopic (exact) mass is 316 g/mol. The van der Waals surface area contributed by atoms with Crippen molar-refractivity contribution >= 4 is 12.0 Å². The highest BCUT2D eigenvalue weighted by molar-refractivity contribution is 5.93. The Morgan fingerprint density at radius 1 is 1.04 bits per heavy atom. The first-order chi connectivity index (χ1) is 11.0. The van der Waals surface area contributed by atoms with Gasteiger partial charge in [0.1, 0.15) is 0 Å². The van der Waals surface area contributed by atoms with Crippen LogP contribution in [0.2, 0.25) is 0 Å². The Labute approximate surface area is 132 Å². The molecule has 120 valence electrons. The number of aromatic hydroxyl groups is 3. The standard InChI is InChI=1S/C17H16O6/c1-3-4-10-5-6-14(15(7-10)22-2)23-17(21)11-8-12(18)16(20)13(19)9-11/h3-9,18-20H,1-2H3. The zero-order valence-corrected chi connectivity index (χ0v) is 12.6. The molecule has 0 atom stereocenters. The third-order valence-corrected chi connectivity index (χ3v) is 3.05. The van der Waals surface area contributed by atoms with Crippen molar-refractivity contribution in [2.24, 2.45) is 0 Å². The summed E-state index contributed by atoms with van der Waals surface area (Å²) in [4.78, 5) is 12.1. The van der Waals surface area contributed by atoms with Crippen molar-refractivity contribution in [3.8, 4) is 28.7 Å². The summed E-state index contributed by atoms with van der Waals surface area (Å²) in [6, 6.07) is 7.02. The first kappa shape index (κ1) is 16.2. The molecule has 0 aliphatic heterocycles. The molecular weight excluding hydrogens is 300 g/mol. The molecule has 0 aliphatic rings. The van der Waals surface area contributed by atoms with Crippen LogP contribution < -0.4 is 9.47 Å². The lowest BCUT2D eigenvalue weighted by atomic mass is 10.1. The lowest BCUT2D eigenvalue weighted by Crippen LogP contribution is -2.09. The fourth-order valence-electron chi connectivity index (χ4n) is 1.95. The van der Waals surface area contributed by atoms with Gasteiger partial charge in [-0.15, -0.1) is 0 Å². The number of carbonyl (C=O) groups is 1. The van der Waals surface area contributed by atoms with Crippen molar-refractivity contribution in [1.82, 2.24) is 0 Å². The van der Waals surface area contributed by atoms with Crippen molar-refractivity contribution in [3.05, 3.63) is 47.5 Å². The van der Waals surface area contributed by atoms with E-state index < -0.39 is 23.2 Å². The van der Waals surface area contributed by atoms with Crippen LogP contribution in [0.5, 0.6) is 28.7 Å². The van der Waals surface area contributed by atoms with Gasteiger partial charge in [-0.2, -0.15) is 0 Å². The van der Waals surface area contributed by atoms with Crippen molar-refractivity contribution < 1.29 is 29.6 Å². The second-order valence-corrected chi connectivity index (χ2v) is 4.66. The van der Waals surface area contributed by atoms with Crippen molar-refractivity contribution in [2.75, 3.05) is 7.11 Å². The van der Waals surface area contributed by atoms with Crippen LogP contribution in [0.1, 0.15) is 22.8 Å². The highest BCUT2D eigenvalue weighted by Crippen LogP contribution is 2.36. The highest BCUT2D eigenvalue weighted by Gasteiger charge is 2.17. The van der Waals surface area contributed by atoms with E-state index in [9.17, 15) is 20.1 Å². The Kier molecular flexibility index (Phi) is 4.75. The Morgan fingerprint density at radius 3 is 2.26 bits per heavy atom. The van der Waals surface area contributed by atoms with Crippen molar-refractivity contribution in [3.63, 3.8) is 0 Å². The fraction of sp³-hybridized carbons (Fsp3) is 0.118. The quantitative estimate of drug-likeness (QED) is 0.456. The third kappa shape index (κ3) is 3.55. The molecule has 3 N–H and O–H groups in total. The molecule has 0 bridgehead atoms. The lowest BCUT2D eigenvalue weighted by Gasteiger charge is -2.11. The SMILES string of the molecule is CC=Cc1ccc(OC(=O)c2cc(O)c(O)c(O)c2)c(OC)c1. The largest absolute Gasteiger partial charge is 0.504 e. The van der Waals surface area contributed by atoms with E-state index in [1.54, 1.807) is 18.2 Å². The number of ether oxygens (including phenoxy) is 2. The van der Waals surface area contributed by atoms with Gasteiger partial charge in [-0.25, -0.2) is 4.79 Å². The average Bonchev–Trinajstić information content (AvgIpc) is 2.53. The summed E-state index contributed by atoms with van der Waals surface area (Å²) >= 11 is 0. The van der Waals surface area contributed by atoms with E-state index in [2.05, 4.69) is 0 Å². The van der Waals surface area contributed by atoms with Crippen LogP contribution in [-0.2, 0) is 0 Å². The van der Waals surface area contributed by atoms with Crippen LogP contribution in [0.3, 0.4) is 0 Å². The zero-order chi connectivity index (χ0) is 17.0. The van der Waals surface area contributed by atoms with Crippen LogP contribution in [0.4, 0.5) is 0 Å². The van der Waals surface area contributed by atoms with Gasteiger partial charge in [-0.05, 0) is 36.8 Å². The maximum Gasteiger partial charge on any atom is 0.343 e. The second kappa shape index (κ2) is 6.74. The summed E-state index contributed by atoms with van der Waals surface area (Å²) in [5.74, 6) is -2.19. The number of phenols is 3. The van der Waals surface area contributed by atoms with Crippen LogP contribution >= 0.6 is 0 Å². The van der Waals surface area contributed by atoms with Crippen LogP contribution in [-0.4, -0.2) is 28.4 Å². The van der Waals surface area contributed by atoms with E-state index in [0.717, 1.165) is 17.7 Å². The molecule has 0 saturated carbocycles.